The molecule has 1 aliphatic heterocycles. The molecule has 0 aliphatic carbocycles. The summed E-state index contributed by atoms with van der Waals surface area (Å²) >= 11 is 5.47. The maximum Gasteiger partial charge on any atom is 0.0440 e. The average Bonchev–Trinajstić information content (AvgIpc) is 2.85. The molecular weight excluding hydrogens is 308 g/mol. The van der Waals surface area contributed by atoms with Crippen LogP contribution in [0, 0.1) is 0 Å². The minimum absolute atomic E-state index is 0.573. The Morgan fingerprint density at radius 2 is 2.22 bits per heavy atom. The molecule has 94 valence electrons. The Balaban J connectivity index is 1.95. The number of halogens is 1. The van der Waals surface area contributed by atoms with Crippen molar-refractivity contribution in [1.82, 2.24) is 0 Å². The van der Waals surface area contributed by atoms with Gasteiger partial charge in [-0.05, 0) is 35.6 Å². The largest absolute Gasteiger partial charge is 0.367 e. The van der Waals surface area contributed by atoms with Gasteiger partial charge in [-0.25, -0.2) is 0 Å². The highest BCUT2D eigenvalue weighted by molar-refractivity contribution is 9.10. The molecule has 0 saturated carbocycles. The Bertz CT molecular complexity index is 565. The van der Waals surface area contributed by atoms with Gasteiger partial charge in [-0.1, -0.05) is 22.0 Å². The smallest absolute Gasteiger partial charge is 0.0440 e. The van der Waals surface area contributed by atoms with Crippen molar-refractivity contribution in [1.29, 1.82) is 0 Å². The van der Waals surface area contributed by atoms with E-state index in [4.69, 9.17) is 5.73 Å². The molecule has 0 atom stereocenters. The van der Waals surface area contributed by atoms with Crippen LogP contribution < -0.4 is 10.6 Å². The third kappa shape index (κ3) is 2.09. The second-order valence-electron chi connectivity index (χ2n) is 4.48. The van der Waals surface area contributed by atoms with Crippen LogP contribution in [0.1, 0.15) is 16.0 Å². The molecule has 0 radical (unpaired) electrons. The molecule has 0 spiro atoms. The van der Waals surface area contributed by atoms with Crippen molar-refractivity contribution in [3.63, 3.8) is 0 Å². The maximum absolute atomic E-state index is 5.88. The molecule has 2 N–H and O–H groups in total. The van der Waals surface area contributed by atoms with Gasteiger partial charge in [0.15, 0.2) is 0 Å². The highest BCUT2D eigenvalue weighted by Crippen LogP contribution is 2.32. The Morgan fingerprint density at radius 3 is 3.06 bits per heavy atom. The third-order valence-corrected chi connectivity index (χ3v) is 5.21. The number of fused-ring (bicyclic) bond motifs is 1. The van der Waals surface area contributed by atoms with E-state index in [1.165, 1.54) is 21.7 Å². The molecule has 0 saturated heterocycles. The number of benzene rings is 1. The highest BCUT2D eigenvalue weighted by Gasteiger charge is 2.19. The lowest BCUT2D eigenvalue weighted by Crippen LogP contribution is -2.30. The molecule has 0 amide bonds. The number of hydrogen-bond acceptors (Lipinski definition) is 3. The van der Waals surface area contributed by atoms with Crippen molar-refractivity contribution in [2.75, 3.05) is 11.4 Å². The number of anilines is 1. The van der Waals surface area contributed by atoms with Crippen LogP contribution in [0.15, 0.2) is 34.1 Å². The minimum atomic E-state index is 0.573. The van der Waals surface area contributed by atoms with E-state index in [0.717, 1.165) is 24.0 Å². The topological polar surface area (TPSA) is 29.3 Å². The first-order chi connectivity index (χ1) is 8.79. The Morgan fingerprint density at radius 1 is 1.33 bits per heavy atom. The predicted molar refractivity (Wildman–Crippen MR) is 81.1 cm³/mol. The van der Waals surface area contributed by atoms with E-state index in [1.807, 2.05) is 11.3 Å². The van der Waals surface area contributed by atoms with Crippen LogP contribution in [-0.4, -0.2) is 6.54 Å². The standard InChI is InChI=1S/C14H15BrN2S/c15-12-2-1-3-13(11(12)8-16)17-6-4-14-10(9-17)5-7-18-14/h1-3,5,7H,4,6,8-9,16H2. The second-order valence-corrected chi connectivity index (χ2v) is 6.34. The van der Waals surface area contributed by atoms with Gasteiger partial charge in [0, 0.05) is 40.2 Å². The van der Waals surface area contributed by atoms with Crippen molar-refractivity contribution in [2.45, 2.75) is 19.5 Å². The fraction of sp³-hybridized carbons (Fsp3) is 0.286. The monoisotopic (exact) mass is 322 g/mol. The van der Waals surface area contributed by atoms with Crippen LogP contribution in [0.3, 0.4) is 0 Å². The molecule has 0 bridgehead atoms. The number of nitrogens with two attached hydrogens (primary N) is 1. The van der Waals surface area contributed by atoms with Gasteiger partial charge in [0.05, 0.1) is 0 Å². The number of hydrogen-bond donors (Lipinski definition) is 1. The first kappa shape index (κ1) is 12.2. The zero-order valence-electron chi connectivity index (χ0n) is 10.0. The second kappa shape index (κ2) is 5.03. The lowest BCUT2D eigenvalue weighted by atomic mass is 10.1. The summed E-state index contributed by atoms with van der Waals surface area (Å²) in [5, 5.41) is 2.19. The summed E-state index contributed by atoms with van der Waals surface area (Å²) in [5.41, 5.74) is 9.82. The van der Waals surface area contributed by atoms with Crippen LogP contribution >= 0.6 is 27.3 Å². The van der Waals surface area contributed by atoms with Crippen LogP contribution in [0.4, 0.5) is 5.69 Å². The number of thiophene rings is 1. The summed E-state index contributed by atoms with van der Waals surface area (Å²) in [4.78, 5) is 3.97. The minimum Gasteiger partial charge on any atom is -0.367 e. The van der Waals surface area contributed by atoms with Crippen molar-refractivity contribution in [3.8, 4) is 0 Å². The summed E-state index contributed by atoms with van der Waals surface area (Å²) in [6.07, 6.45) is 1.14. The molecule has 2 aromatic rings. The molecule has 1 aromatic heterocycles. The van der Waals surface area contributed by atoms with E-state index in [0.29, 0.717) is 6.54 Å². The molecule has 0 unspecified atom stereocenters. The molecule has 1 aromatic carbocycles. The van der Waals surface area contributed by atoms with Crippen molar-refractivity contribution < 1.29 is 0 Å². The Labute approximate surface area is 120 Å². The van der Waals surface area contributed by atoms with Gasteiger partial charge in [-0.15, -0.1) is 11.3 Å². The van der Waals surface area contributed by atoms with Gasteiger partial charge >= 0.3 is 0 Å². The highest BCUT2D eigenvalue weighted by atomic mass is 79.9. The fourth-order valence-corrected chi connectivity index (χ4v) is 3.91. The summed E-state index contributed by atoms with van der Waals surface area (Å²) in [7, 11) is 0. The molecule has 2 heterocycles. The predicted octanol–water partition coefficient (Wildman–Crippen LogP) is 3.53. The van der Waals surface area contributed by atoms with Crippen molar-refractivity contribution >= 4 is 33.0 Å². The Kier molecular flexibility index (Phi) is 3.41. The number of rotatable bonds is 2. The molecular formula is C14H15BrN2S. The molecule has 0 fully saturated rings. The summed E-state index contributed by atoms with van der Waals surface area (Å²) in [6, 6.07) is 8.56. The van der Waals surface area contributed by atoms with E-state index < -0.39 is 0 Å². The first-order valence-corrected chi connectivity index (χ1v) is 7.74. The first-order valence-electron chi connectivity index (χ1n) is 6.07. The lowest BCUT2D eigenvalue weighted by Gasteiger charge is -2.31. The molecule has 18 heavy (non-hydrogen) atoms. The average molecular weight is 323 g/mol. The van der Waals surface area contributed by atoms with E-state index in [2.05, 4.69) is 50.5 Å². The van der Waals surface area contributed by atoms with Crippen molar-refractivity contribution in [3.05, 3.63) is 50.1 Å². The normalized spacial score (nSPS) is 14.7. The lowest BCUT2D eigenvalue weighted by molar-refractivity contribution is 0.738. The Hall–Kier alpha value is -0.840. The molecule has 3 rings (SSSR count). The van der Waals surface area contributed by atoms with E-state index in [9.17, 15) is 0 Å². The zero-order valence-corrected chi connectivity index (χ0v) is 12.4. The summed E-state index contributed by atoms with van der Waals surface area (Å²) < 4.78 is 1.11. The van der Waals surface area contributed by atoms with Gasteiger partial charge in [0.1, 0.15) is 0 Å². The van der Waals surface area contributed by atoms with E-state index in [1.54, 1.807) is 0 Å². The van der Waals surface area contributed by atoms with Crippen LogP contribution in [-0.2, 0) is 19.5 Å². The van der Waals surface area contributed by atoms with Gasteiger partial charge in [-0.3, -0.25) is 0 Å². The van der Waals surface area contributed by atoms with Crippen LogP contribution in [0.25, 0.3) is 0 Å². The quantitative estimate of drug-likeness (QED) is 0.916. The summed E-state index contributed by atoms with van der Waals surface area (Å²) in [6.45, 7) is 2.66. The molecule has 1 aliphatic rings. The van der Waals surface area contributed by atoms with Crippen molar-refractivity contribution in [2.24, 2.45) is 5.73 Å². The zero-order chi connectivity index (χ0) is 12.5. The third-order valence-electron chi connectivity index (χ3n) is 3.45. The van der Waals surface area contributed by atoms with Crippen LogP contribution in [0.2, 0.25) is 0 Å². The van der Waals surface area contributed by atoms with E-state index in [-0.39, 0.29) is 0 Å². The summed E-state index contributed by atoms with van der Waals surface area (Å²) in [5.74, 6) is 0. The maximum atomic E-state index is 5.88. The van der Waals surface area contributed by atoms with Gasteiger partial charge in [-0.2, -0.15) is 0 Å². The molecule has 2 nitrogen and oxygen atoms in total. The van der Waals surface area contributed by atoms with Gasteiger partial charge in [0.25, 0.3) is 0 Å². The van der Waals surface area contributed by atoms with E-state index >= 15 is 0 Å². The van der Waals surface area contributed by atoms with Crippen LogP contribution in [0.5, 0.6) is 0 Å². The SMILES string of the molecule is NCc1c(Br)cccc1N1CCc2sccc2C1. The molecule has 4 heteroatoms. The number of nitrogens with zero attached hydrogens (tertiary/aromatic N) is 1. The fourth-order valence-electron chi connectivity index (χ4n) is 2.50. The van der Waals surface area contributed by atoms with Gasteiger partial charge < -0.3 is 10.6 Å². The van der Waals surface area contributed by atoms with Gasteiger partial charge in [0.2, 0.25) is 0 Å².